The summed E-state index contributed by atoms with van der Waals surface area (Å²) < 4.78 is 1.53. The number of hydrogen-bond donors (Lipinski definition) is 0. The van der Waals surface area contributed by atoms with Crippen molar-refractivity contribution in [2.75, 3.05) is 0 Å². The first-order valence-corrected chi connectivity index (χ1v) is 3.83. The van der Waals surface area contributed by atoms with Crippen LogP contribution in [0.4, 0.5) is 0 Å². The quantitative estimate of drug-likeness (QED) is 0.629. The van der Waals surface area contributed by atoms with E-state index in [1.54, 1.807) is 0 Å². The highest BCUT2D eigenvalue weighted by molar-refractivity contribution is 14.1. The Morgan fingerprint density at radius 2 is 2.14 bits per heavy atom. The highest BCUT2D eigenvalue weighted by Crippen LogP contribution is 2.16. The van der Waals surface area contributed by atoms with Gasteiger partial charge in [0.15, 0.2) is 0 Å². The van der Waals surface area contributed by atoms with Crippen LogP contribution in [0.5, 0.6) is 0 Å². The molecule has 1 radical (unpaired) electrons. The van der Waals surface area contributed by atoms with Crippen LogP contribution in [0.3, 0.4) is 0 Å². The summed E-state index contributed by atoms with van der Waals surface area (Å²) in [4.78, 5) is 0. The van der Waals surface area contributed by atoms with E-state index >= 15 is 0 Å². The van der Waals surface area contributed by atoms with Gasteiger partial charge in [-0.2, -0.15) is 0 Å². The van der Waals surface area contributed by atoms with Gasteiger partial charge in [-0.15, -0.1) is 0 Å². The van der Waals surface area contributed by atoms with E-state index in [4.69, 9.17) is 0 Å². The van der Waals surface area contributed by atoms with Gasteiger partial charge in [0.25, 0.3) is 0 Å². The molecule has 0 aromatic carbocycles. The van der Waals surface area contributed by atoms with Gasteiger partial charge in [0.2, 0.25) is 0 Å². The third-order valence-corrected chi connectivity index (χ3v) is 1.41. The molecule has 0 aromatic rings. The molecule has 0 nitrogen and oxygen atoms in total. The van der Waals surface area contributed by atoms with E-state index < -0.39 is 0 Å². The third kappa shape index (κ3) is 6.73. The Balaban J connectivity index is 2.68. The fourth-order valence-corrected chi connectivity index (χ4v) is 0.802. The van der Waals surface area contributed by atoms with Gasteiger partial charge in [-0.1, -0.05) is 42.4 Å². The normalized spacial score (nSPS) is 10.3. The van der Waals surface area contributed by atoms with Gasteiger partial charge in [-0.3, -0.25) is 0 Å². The summed E-state index contributed by atoms with van der Waals surface area (Å²) in [6.45, 7) is 4.40. The molecule has 0 aliphatic carbocycles. The highest BCUT2D eigenvalue weighted by Gasteiger charge is 1.91. The Hall–Kier alpha value is 0.730. The molecule has 0 bridgehead atoms. The monoisotopic (exact) mass is 211 g/mol. The molecule has 0 spiro atoms. The predicted molar refractivity (Wildman–Crippen MR) is 42.5 cm³/mol. The third-order valence-electron chi connectivity index (χ3n) is 0.875. The van der Waals surface area contributed by atoms with E-state index in [0.29, 0.717) is 0 Å². The molecule has 0 fully saturated rings. The molecule has 43 valence electrons. The first kappa shape index (κ1) is 7.73. The SMILES string of the molecule is CCCC[C](C)I. The maximum Gasteiger partial charge on any atom is 0.0337 e. The molecule has 0 rings (SSSR count). The minimum Gasteiger partial charge on any atom is -0.0777 e. The van der Waals surface area contributed by atoms with Crippen LogP contribution in [0.15, 0.2) is 0 Å². The van der Waals surface area contributed by atoms with Crippen molar-refractivity contribution in [3.8, 4) is 0 Å². The molecule has 1 heteroatoms. The smallest absolute Gasteiger partial charge is 0.0337 e. The fourth-order valence-electron chi connectivity index (χ4n) is 0.420. The lowest BCUT2D eigenvalue weighted by Gasteiger charge is -1.96. The lowest BCUT2D eigenvalue weighted by Crippen LogP contribution is -1.76. The van der Waals surface area contributed by atoms with Crippen molar-refractivity contribution in [3.05, 3.63) is 3.92 Å². The van der Waals surface area contributed by atoms with Crippen LogP contribution in [-0.4, -0.2) is 0 Å². The summed E-state index contributed by atoms with van der Waals surface area (Å²) in [6, 6.07) is 0. The second-order valence-corrected chi connectivity index (χ2v) is 3.62. The van der Waals surface area contributed by atoms with Crippen molar-refractivity contribution in [2.24, 2.45) is 0 Å². The van der Waals surface area contributed by atoms with Crippen molar-refractivity contribution in [1.29, 1.82) is 0 Å². The molecule has 0 atom stereocenters. The summed E-state index contributed by atoms with van der Waals surface area (Å²) >= 11 is 2.38. The second kappa shape index (κ2) is 4.88. The number of unbranched alkanes of at least 4 members (excludes halogenated alkanes) is 1. The number of hydrogen-bond acceptors (Lipinski definition) is 0. The lowest BCUT2D eigenvalue weighted by atomic mass is 10.2. The first-order chi connectivity index (χ1) is 3.27. The summed E-state index contributed by atoms with van der Waals surface area (Å²) in [5, 5.41) is 0. The zero-order valence-corrected chi connectivity index (χ0v) is 7.16. The van der Waals surface area contributed by atoms with Gasteiger partial charge in [0.1, 0.15) is 0 Å². The predicted octanol–water partition coefficient (Wildman–Crippen LogP) is 3.16. The van der Waals surface area contributed by atoms with E-state index in [0.717, 1.165) is 0 Å². The van der Waals surface area contributed by atoms with Crippen LogP contribution in [0.25, 0.3) is 0 Å². The van der Waals surface area contributed by atoms with Crippen LogP contribution in [0.2, 0.25) is 0 Å². The van der Waals surface area contributed by atoms with Crippen LogP contribution in [0, 0.1) is 3.92 Å². The Kier molecular flexibility index (Phi) is 5.39. The van der Waals surface area contributed by atoms with Crippen molar-refractivity contribution in [2.45, 2.75) is 33.1 Å². The van der Waals surface area contributed by atoms with Crippen LogP contribution in [-0.2, 0) is 0 Å². The Labute approximate surface area is 59.8 Å². The average Bonchev–Trinajstić information content (AvgIpc) is 1.61. The summed E-state index contributed by atoms with van der Waals surface area (Å²) in [7, 11) is 0. The van der Waals surface area contributed by atoms with Crippen molar-refractivity contribution in [1.82, 2.24) is 0 Å². The Bertz CT molecular complexity index is 33.2. The summed E-state index contributed by atoms with van der Waals surface area (Å²) in [6.07, 6.45) is 3.98. The van der Waals surface area contributed by atoms with Gasteiger partial charge in [0, 0.05) is 3.92 Å². The van der Waals surface area contributed by atoms with Crippen LogP contribution in [0.1, 0.15) is 33.1 Å². The van der Waals surface area contributed by atoms with Crippen molar-refractivity contribution < 1.29 is 0 Å². The molecule has 0 saturated heterocycles. The lowest BCUT2D eigenvalue weighted by molar-refractivity contribution is 0.778. The van der Waals surface area contributed by atoms with Crippen LogP contribution >= 0.6 is 22.6 Å². The molecular weight excluding hydrogens is 199 g/mol. The van der Waals surface area contributed by atoms with Gasteiger partial charge >= 0.3 is 0 Å². The maximum atomic E-state index is 2.38. The fraction of sp³-hybridized carbons (Fsp3) is 0.833. The summed E-state index contributed by atoms with van der Waals surface area (Å²) in [5.74, 6) is 0. The zero-order valence-electron chi connectivity index (χ0n) is 5.00. The van der Waals surface area contributed by atoms with Gasteiger partial charge in [-0.25, -0.2) is 0 Å². The molecule has 0 heterocycles. The minimum atomic E-state index is 1.30. The molecule has 7 heavy (non-hydrogen) atoms. The molecule has 0 saturated carbocycles. The highest BCUT2D eigenvalue weighted by atomic mass is 127. The molecule has 0 aliphatic heterocycles. The second-order valence-electron chi connectivity index (χ2n) is 1.78. The molecule has 0 aromatic heterocycles. The minimum absolute atomic E-state index is 1.30. The van der Waals surface area contributed by atoms with E-state index in [1.807, 2.05) is 0 Å². The molecule has 0 amide bonds. The zero-order chi connectivity index (χ0) is 5.70. The molecule has 0 aliphatic rings. The molecular formula is C6H12I. The van der Waals surface area contributed by atoms with Gasteiger partial charge in [0.05, 0.1) is 0 Å². The number of halogens is 1. The average molecular weight is 211 g/mol. The summed E-state index contributed by atoms with van der Waals surface area (Å²) in [5.41, 5.74) is 0. The van der Waals surface area contributed by atoms with Gasteiger partial charge in [-0.05, 0) is 13.3 Å². The van der Waals surface area contributed by atoms with Crippen LogP contribution < -0.4 is 0 Å². The van der Waals surface area contributed by atoms with E-state index in [-0.39, 0.29) is 0 Å². The van der Waals surface area contributed by atoms with Crippen molar-refractivity contribution >= 4 is 22.6 Å². The van der Waals surface area contributed by atoms with Crippen molar-refractivity contribution in [3.63, 3.8) is 0 Å². The standard InChI is InChI=1S/C6H12I/c1-3-4-5-6(2)7/h3-5H2,1-2H3. The molecule has 0 N–H and O–H groups in total. The Morgan fingerprint density at radius 3 is 2.29 bits per heavy atom. The van der Waals surface area contributed by atoms with E-state index in [1.165, 1.54) is 23.2 Å². The first-order valence-electron chi connectivity index (χ1n) is 2.75. The van der Waals surface area contributed by atoms with Gasteiger partial charge < -0.3 is 0 Å². The van der Waals surface area contributed by atoms with E-state index in [9.17, 15) is 0 Å². The Morgan fingerprint density at radius 1 is 1.57 bits per heavy atom. The maximum absolute atomic E-state index is 2.38. The number of rotatable bonds is 3. The largest absolute Gasteiger partial charge is 0.0777 e. The molecule has 0 unspecified atom stereocenters. The van der Waals surface area contributed by atoms with E-state index in [2.05, 4.69) is 36.4 Å². The topological polar surface area (TPSA) is 0 Å².